The van der Waals surface area contributed by atoms with Gasteiger partial charge in [-0.15, -0.1) is 0 Å². The third kappa shape index (κ3) is 12.7. The Morgan fingerprint density at radius 3 is 1.80 bits per heavy atom. The van der Waals surface area contributed by atoms with Gasteiger partial charge < -0.3 is 34.5 Å². The standard InChI is InChI=1S/C29H45NO10/c1-8-10-18(5)37-28(34)39-23-13-12-21(16-24(23)40-29(35)38-19(6)11-9-2)22(26(30)27(32)33)15-20(7)36-25(31)14-17(3)4/h12-13,16-20,22,26H,8-11,14-15,30H2,1-7H3,(H,32,33)/t18?,19?,20?,22?,26-/m0/s1. The Balaban J connectivity index is 3.33. The molecular formula is C29H45NO10. The Morgan fingerprint density at radius 2 is 1.32 bits per heavy atom. The van der Waals surface area contributed by atoms with E-state index in [0.717, 1.165) is 12.8 Å². The van der Waals surface area contributed by atoms with Crippen LogP contribution in [0.5, 0.6) is 11.5 Å². The van der Waals surface area contributed by atoms with Crippen LogP contribution in [-0.2, 0) is 23.8 Å². The highest BCUT2D eigenvalue weighted by Crippen LogP contribution is 2.35. The number of hydrogen-bond donors (Lipinski definition) is 2. The van der Waals surface area contributed by atoms with Gasteiger partial charge in [0, 0.05) is 12.3 Å². The van der Waals surface area contributed by atoms with Gasteiger partial charge in [0.2, 0.25) is 0 Å². The minimum atomic E-state index is -1.37. The van der Waals surface area contributed by atoms with E-state index in [2.05, 4.69) is 0 Å². The highest BCUT2D eigenvalue weighted by atomic mass is 16.7. The first-order chi connectivity index (χ1) is 18.8. The fourth-order valence-corrected chi connectivity index (χ4v) is 4.08. The van der Waals surface area contributed by atoms with Crippen LogP contribution in [0.4, 0.5) is 9.59 Å². The van der Waals surface area contributed by atoms with Gasteiger partial charge in [-0.1, -0.05) is 46.6 Å². The van der Waals surface area contributed by atoms with E-state index < -0.39 is 48.4 Å². The summed E-state index contributed by atoms with van der Waals surface area (Å²) in [6, 6.07) is 2.85. The van der Waals surface area contributed by atoms with Gasteiger partial charge in [-0.25, -0.2) is 9.59 Å². The average Bonchev–Trinajstić information content (AvgIpc) is 2.82. The second-order valence-electron chi connectivity index (χ2n) is 10.4. The third-order valence-corrected chi connectivity index (χ3v) is 5.98. The van der Waals surface area contributed by atoms with Crippen LogP contribution in [0.2, 0.25) is 0 Å². The number of rotatable bonds is 16. The number of carbonyl (C=O) groups is 4. The van der Waals surface area contributed by atoms with Crippen molar-refractivity contribution in [2.24, 2.45) is 11.7 Å². The Labute approximate surface area is 236 Å². The van der Waals surface area contributed by atoms with Gasteiger partial charge in [0.1, 0.15) is 18.2 Å². The lowest BCUT2D eigenvalue weighted by atomic mass is 9.87. The zero-order chi connectivity index (χ0) is 30.4. The predicted octanol–water partition coefficient (Wildman–Crippen LogP) is 5.96. The summed E-state index contributed by atoms with van der Waals surface area (Å²) >= 11 is 0. The van der Waals surface area contributed by atoms with Crippen molar-refractivity contribution in [3.05, 3.63) is 23.8 Å². The Morgan fingerprint density at radius 1 is 0.800 bits per heavy atom. The number of aliphatic carboxylic acids is 1. The maximum atomic E-state index is 12.5. The van der Waals surface area contributed by atoms with Gasteiger partial charge in [0.05, 0.1) is 6.10 Å². The van der Waals surface area contributed by atoms with E-state index in [9.17, 15) is 24.3 Å². The van der Waals surface area contributed by atoms with Gasteiger partial charge in [0.15, 0.2) is 11.5 Å². The molecule has 1 aromatic carbocycles. The fraction of sp³-hybridized carbons (Fsp3) is 0.655. The van der Waals surface area contributed by atoms with Crippen molar-refractivity contribution in [3.63, 3.8) is 0 Å². The van der Waals surface area contributed by atoms with Gasteiger partial charge in [-0.2, -0.15) is 0 Å². The second kappa shape index (κ2) is 17.4. The lowest BCUT2D eigenvalue weighted by molar-refractivity contribution is -0.149. The van der Waals surface area contributed by atoms with Crippen molar-refractivity contribution >= 4 is 24.2 Å². The summed E-state index contributed by atoms with van der Waals surface area (Å²) < 4.78 is 26.7. The van der Waals surface area contributed by atoms with Crippen molar-refractivity contribution in [2.45, 2.75) is 117 Å². The Bertz CT molecular complexity index is 980. The van der Waals surface area contributed by atoms with Crippen LogP contribution in [-0.4, -0.2) is 53.7 Å². The number of carbonyl (C=O) groups excluding carboxylic acids is 3. The molecule has 3 N–H and O–H groups in total. The molecule has 0 saturated carbocycles. The molecule has 1 rings (SSSR count). The van der Waals surface area contributed by atoms with Crippen molar-refractivity contribution in [2.75, 3.05) is 0 Å². The maximum absolute atomic E-state index is 12.5. The van der Waals surface area contributed by atoms with E-state index in [1.165, 1.54) is 18.2 Å². The number of nitrogens with two attached hydrogens (primary N) is 1. The van der Waals surface area contributed by atoms with E-state index in [1.54, 1.807) is 20.8 Å². The van der Waals surface area contributed by atoms with Crippen LogP contribution >= 0.6 is 0 Å². The summed E-state index contributed by atoms with van der Waals surface area (Å²) in [4.78, 5) is 48.9. The Hall–Kier alpha value is -3.34. The molecule has 0 spiro atoms. The maximum Gasteiger partial charge on any atom is 0.514 e. The first-order valence-corrected chi connectivity index (χ1v) is 13.9. The topological polar surface area (TPSA) is 161 Å². The molecule has 40 heavy (non-hydrogen) atoms. The number of hydrogen-bond acceptors (Lipinski definition) is 10. The molecule has 11 nitrogen and oxygen atoms in total. The molecule has 0 fully saturated rings. The minimum Gasteiger partial charge on any atom is -0.480 e. The summed E-state index contributed by atoms with van der Waals surface area (Å²) in [5.74, 6) is -2.73. The van der Waals surface area contributed by atoms with Crippen LogP contribution in [0.1, 0.15) is 98.5 Å². The summed E-state index contributed by atoms with van der Waals surface area (Å²) in [5.41, 5.74) is 6.39. The van der Waals surface area contributed by atoms with E-state index in [-0.39, 0.29) is 36.4 Å². The van der Waals surface area contributed by atoms with Crippen LogP contribution in [0.25, 0.3) is 0 Å². The molecule has 0 radical (unpaired) electrons. The van der Waals surface area contributed by atoms with E-state index >= 15 is 0 Å². The molecule has 0 bridgehead atoms. The predicted molar refractivity (Wildman–Crippen MR) is 147 cm³/mol. The van der Waals surface area contributed by atoms with Crippen molar-refractivity contribution in [3.8, 4) is 11.5 Å². The number of benzene rings is 1. The molecule has 0 saturated heterocycles. The molecule has 1 aromatic rings. The molecule has 11 heteroatoms. The van der Waals surface area contributed by atoms with Gasteiger partial charge in [-0.3, -0.25) is 9.59 Å². The molecule has 0 aromatic heterocycles. The second-order valence-corrected chi connectivity index (χ2v) is 10.4. The van der Waals surface area contributed by atoms with E-state index in [0.29, 0.717) is 18.4 Å². The van der Waals surface area contributed by atoms with Crippen molar-refractivity contribution < 1.29 is 48.0 Å². The minimum absolute atomic E-state index is 0.0749. The third-order valence-electron chi connectivity index (χ3n) is 5.98. The molecule has 0 aliphatic rings. The van der Waals surface area contributed by atoms with Gasteiger partial charge >= 0.3 is 24.2 Å². The molecular weight excluding hydrogens is 522 g/mol. The lowest BCUT2D eigenvalue weighted by Crippen LogP contribution is -2.38. The van der Waals surface area contributed by atoms with Crippen molar-refractivity contribution in [1.82, 2.24) is 0 Å². The van der Waals surface area contributed by atoms with Gasteiger partial charge in [-0.05, 0) is 63.6 Å². The summed E-state index contributed by atoms with van der Waals surface area (Å²) in [6.45, 7) is 12.8. The Kier molecular flexibility index (Phi) is 15.1. The molecule has 0 heterocycles. The first kappa shape index (κ1) is 34.7. The first-order valence-electron chi connectivity index (χ1n) is 13.9. The normalized spacial score (nSPS) is 14.8. The summed E-state index contributed by atoms with van der Waals surface area (Å²) in [5, 5.41) is 9.67. The van der Waals surface area contributed by atoms with E-state index in [1.807, 2.05) is 27.7 Å². The SMILES string of the molecule is CCCC(C)OC(=O)Oc1ccc(C(CC(C)OC(=O)CC(C)C)[C@H](N)C(=O)O)cc1OC(=O)OC(C)CCC. The summed E-state index contributed by atoms with van der Waals surface area (Å²) in [6.07, 6.45) is -0.348. The van der Waals surface area contributed by atoms with Crippen LogP contribution in [0.15, 0.2) is 18.2 Å². The molecule has 5 atom stereocenters. The molecule has 0 aliphatic heterocycles. The molecule has 0 aliphatic carbocycles. The highest BCUT2D eigenvalue weighted by molar-refractivity contribution is 5.75. The number of carboxylic acids is 1. The van der Waals surface area contributed by atoms with Crippen LogP contribution < -0.4 is 15.2 Å². The molecule has 0 amide bonds. The smallest absolute Gasteiger partial charge is 0.480 e. The number of ether oxygens (including phenoxy) is 5. The number of esters is 1. The lowest BCUT2D eigenvalue weighted by Gasteiger charge is -2.25. The van der Waals surface area contributed by atoms with Crippen molar-refractivity contribution in [1.29, 1.82) is 0 Å². The average molecular weight is 568 g/mol. The summed E-state index contributed by atoms with van der Waals surface area (Å²) in [7, 11) is 0. The molecule has 226 valence electrons. The quantitative estimate of drug-likeness (QED) is 0.138. The number of carboxylic acid groups (broad SMARTS) is 1. The fourth-order valence-electron chi connectivity index (χ4n) is 4.08. The zero-order valence-electron chi connectivity index (χ0n) is 24.6. The molecule has 4 unspecified atom stereocenters. The largest absolute Gasteiger partial charge is 0.514 e. The highest BCUT2D eigenvalue weighted by Gasteiger charge is 2.30. The monoisotopic (exact) mass is 567 g/mol. The van der Waals surface area contributed by atoms with Crippen LogP contribution in [0, 0.1) is 5.92 Å². The van der Waals surface area contributed by atoms with E-state index in [4.69, 9.17) is 29.4 Å². The van der Waals surface area contributed by atoms with Gasteiger partial charge in [0.25, 0.3) is 0 Å². The zero-order valence-corrected chi connectivity index (χ0v) is 24.6. The van der Waals surface area contributed by atoms with Crippen LogP contribution in [0.3, 0.4) is 0 Å².